The first kappa shape index (κ1) is 21.2. The number of nitrogens with one attached hydrogen (secondary N) is 2. The van der Waals surface area contributed by atoms with E-state index in [0.717, 1.165) is 0 Å². The Morgan fingerprint density at radius 1 is 1.15 bits per heavy atom. The number of esters is 1. The maximum Gasteiger partial charge on any atom is 0.408 e. The van der Waals surface area contributed by atoms with Crippen molar-refractivity contribution in [2.75, 3.05) is 11.9 Å². The molecule has 7 nitrogen and oxygen atoms in total. The highest BCUT2D eigenvalue weighted by Crippen LogP contribution is 2.12. The molecule has 0 fully saturated rings. The van der Waals surface area contributed by atoms with E-state index in [2.05, 4.69) is 17.2 Å². The maximum absolute atomic E-state index is 12.2. The van der Waals surface area contributed by atoms with Crippen LogP contribution in [0.5, 0.6) is 0 Å². The maximum atomic E-state index is 12.2. The number of carbonyl (C=O) groups is 3. The normalized spacial score (nSPS) is 11.8. The lowest BCUT2D eigenvalue weighted by Gasteiger charge is -2.23. The second-order valence-corrected chi connectivity index (χ2v) is 6.58. The zero-order valence-corrected chi connectivity index (χ0v) is 15.6. The molecule has 0 radical (unpaired) electrons. The van der Waals surface area contributed by atoms with E-state index < -0.39 is 29.6 Å². The molecule has 0 saturated heterocycles. The second-order valence-electron chi connectivity index (χ2n) is 6.58. The van der Waals surface area contributed by atoms with Crippen LogP contribution >= 0.6 is 0 Å². The second kappa shape index (κ2) is 9.60. The van der Waals surface area contributed by atoms with Crippen LogP contribution in [-0.2, 0) is 19.1 Å². The number of carbonyl (C=O) groups excluding carboxylic acids is 3. The van der Waals surface area contributed by atoms with Crippen LogP contribution < -0.4 is 10.6 Å². The quantitative estimate of drug-likeness (QED) is 0.574. The fraction of sp³-hybridized carbons (Fsp3) is 0.421. The third kappa shape index (κ3) is 7.83. The molecule has 26 heavy (non-hydrogen) atoms. The standard InChI is InChI=1S/C19H26N2O5/c1-6-25-17(23)15(21-18(24)26-19(3,4)5)12-13(2)16(22)20-14-10-8-7-9-11-14/h7-11,15H,2,6,12H2,1,3-5H3,(H,20,22)(H,21,24)/t15-/m0/s1. The molecule has 0 aliphatic heterocycles. The van der Waals surface area contributed by atoms with Crippen LogP contribution in [0, 0.1) is 0 Å². The van der Waals surface area contributed by atoms with E-state index >= 15 is 0 Å². The zero-order chi connectivity index (χ0) is 19.7. The molecule has 2 amide bonds. The molecule has 0 unspecified atom stereocenters. The van der Waals surface area contributed by atoms with E-state index in [4.69, 9.17) is 9.47 Å². The summed E-state index contributed by atoms with van der Waals surface area (Å²) in [5.74, 6) is -1.11. The number of para-hydroxylation sites is 1. The van der Waals surface area contributed by atoms with Crippen molar-refractivity contribution in [1.82, 2.24) is 5.32 Å². The monoisotopic (exact) mass is 362 g/mol. The molecule has 7 heteroatoms. The largest absolute Gasteiger partial charge is 0.464 e. The lowest BCUT2D eigenvalue weighted by atomic mass is 10.1. The summed E-state index contributed by atoms with van der Waals surface area (Å²) in [6.45, 7) is 10.6. The highest BCUT2D eigenvalue weighted by atomic mass is 16.6. The highest BCUT2D eigenvalue weighted by Gasteiger charge is 2.27. The minimum absolute atomic E-state index is 0.100. The molecule has 0 heterocycles. The first-order valence-electron chi connectivity index (χ1n) is 8.32. The lowest BCUT2D eigenvalue weighted by Crippen LogP contribution is -2.45. The SMILES string of the molecule is C=C(C[C@H](NC(=O)OC(C)(C)C)C(=O)OCC)C(=O)Nc1ccccc1. The van der Waals surface area contributed by atoms with E-state index in [1.165, 1.54) is 0 Å². The van der Waals surface area contributed by atoms with Crippen LogP contribution in [0.2, 0.25) is 0 Å². The van der Waals surface area contributed by atoms with E-state index in [1.54, 1.807) is 52.0 Å². The minimum Gasteiger partial charge on any atom is -0.464 e. The van der Waals surface area contributed by atoms with E-state index in [-0.39, 0.29) is 18.6 Å². The predicted octanol–water partition coefficient (Wildman–Crippen LogP) is 3.03. The van der Waals surface area contributed by atoms with Gasteiger partial charge in [0.05, 0.1) is 6.61 Å². The number of ether oxygens (including phenoxy) is 2. The number of benzene rings is 1. The average Bonchev–Trinajstić information content (AvgIpc) is 2.53. The van der Waals surface area contributed by atoms with Crippen LogP contribution in [0.25, 0.3) is 0 Å². The molecule has 0 spiro atoms. The summed E-state index contributed by atoms with van der Waals surface area (Å²) in [6, 6.07) is 7.78. The van der Waals surface area contributed by atoms with Crippen LogP contribution in [0.15, 0.2) is 42.5 Å². The molecule has 0 aromatic heterocycles. The predicted molar refractivity (Wildman–Crippen MR) is 98.6 cm³/mol. The molecular weight excluding hydrogens is 336 g/mol. The van der Waals surface area contributed by atoms with Crippen molar-refractivity contribution >= 4 is 23.7 Å². The van der Waals surface area contributed by atoms with Crippen molar-refractivity contribution in [1.29, 1.82) is 0 Å². The number of hydrogen-bond donors (Lipinski definition) is 2. The Hall–Kier alpha value is -2.83. The fourth-order valence-electron chi connectivity index (χ4n) is 1.97. The summed E-state index contributed by atoms with van der Waals surface area (Å²) < 4.78 is 10.1. The molecule has 1 atom stereocenters. The minimum atomic E-state index is -1.07. The van der Waals surface area contributed by atoms with Crippen LogP contribution in [0.4, 0.5) is 10.5 Å². The summed E-state index contributed by atoms with van der Waals surface area (Å²) in [5, 5.41) is 5.11. The van der Waals surface area contributed by atoms with Gasteiger partial charge < -0.3 is 20.1 Å². The van der Waals surface area contributed by atoms with Gasteiger partial charge in [-0.3, -0.25) is 4.79 Å². The smallest absolute Gasteiger partial charge is 0.408 e. The molecule has 2 N–H and O–H groups in total. The molecular formula is C19H26N2O5. The van der Waals surface area contributed by atoms with Gasteiger partial charge in [-0.2, -0.15) is 0 Å². The Labute approximate surface area is 153 Å². The Balaban J connectivity index is 2.74. The van der Waals surface area contributed by atoms with Gasteiger partial charge >= 0.3 is 12.1 Å². The van der Waals surface area contributed by atoms with Crippen molar-refractivity contribution in [3.05, 3.63) is 42.5 Å². The summed E-state index contributed by atoms with van der Waals surface area (Å²) in [4.78, 5) is 36.3. The van der Waals surface area contributed by atoms with Gasteiger partial charge in [0.15, 0.2) is 0 Å². The molecule has 0 aliphatic carbocycles. The van der Waals surface area contributed by atoms with Gasteiger partial charge in [0.1, 0.15) is 11.6 Å². The molecule has 1 aromatic rings. The highest BCUT2D eigenvalue weighted by molar-refractivity contribution is 6.03. The fourth-order valence-corrected chi connectivity index (χ4v) is 1.97. The molecule has 1 aromatic carbocycles. The van der Waals surface area contributed by atoms with Crippen molar-refractivity contribution in [3.63, 3.8) is 0 Å². The third-order valence-corrected chi connectivity index (χ3v) is 3.07. The van der Waals surface area contributed by atoms with Crippen LogP contribution in [0.3, 0.4) is 0 Å². The zero-order valence-electron chi connectivity index (χ0n) is 15.6. The van der Waals surface area contributed by atoms with Crippen molar-refractivity contribution in [2.45, 2.75) is 45.8 Å². The summed E-state index contributed by atoms with van der Waals surface area (Å²) in [7, 11) is 0. The molecule has 0 bridgehead atoms. The average molecular weight is 362 g/mol. The van der Waals surface area contributed by atoms with Gasteiger partial charge in [-0.15, -0.1) is 0 Å². The molecule has 1 rings (SSSR count). The van der Waals surface area contributed by atoms with E-state index in [9.17, 15) is 14.4 Å². The van der Waals surface area contributed by atoms with Gasteiger partial charge in [-0.05, 0) is 39.8 Å². The van der Waals surface area contributed by atoms with Gasteiger partial charge in [0, 0.05) is 17.7 Å². The van der Waals surface area contributed by atoms with Crippen molar-refractivity contribution in [3.8, 4) is 0 Å². The summed E-state index contributed by atoms with van der Waals surface area (Å²) in [6.07, 6.45) is -0.872. The van der Waals surface area contributed by atoms with Crippen molar-refractivity contribution < 1.29 is 23.9 Å². The van der Waals surface area contributed by atoms with Crippen LogP contribution in [-0.4, -0.2) is 36.2 Å². The molecule has 0 saturated carbocycles. The summed E-state index contributed by atoms with van der Waals surface area (Å²) in [5.41, 5.74) is 0.0137. The Morgan fingerprint density at radius 2 is 1.77 bits per heavy atom. The van der Waals surface area contributed by atoms with Gasteiger partial charge in [-0.1, -0.05) is 24.8 Å². The number of amides is 2. The third-order valence-electron chi connectivity index (χ3n) is 3.07. The Bertz CT molecular complexity index is 650. The number of alkyl carbamates (subject to hydrolysis) is 1. The van der Waals surface area contributed by atoms with Gasteiger partial charge in [-0.25, -0.2) is 9.59 Å². The van der Waals surface area contributed by atoms with Crippen LogP contribution in [0.1, 0.15) is 34.1 Å². The molecule has 0 aliphatic rings. The van der Waals surface area contributed by atoms with Gasteiger partial charge in [0.25, 0.3) is 5.91 Å². The number of hydrogen-bond acceptors (Lipinski definition) is 5. The van der Waals surface area contributed by atoms with Crippen molar-refractivity contribution in [2.24, 2.45) is 0 Å². The molecule has 142 valence electrons. The summed E-state index contributed by atoms with van der Waals surface area (Å²) >= 11 is 0. The topological polar surface area (TPSA) is 93.7 Å². The van der Waals surface area contributed by atoms with Gasteiger partial charge in [0.2, 0.25) is 0 Å². The first-order chi connectivity index (χ1) is 12.1. The Kier molecular flexibility index (Phi) is 7.83. The van der Waals surface area contributed by atoms with E-state index in [0.29, 0.717) is 5.69 Å². The lowest BCUT2D eigenvalue weighted by molar-refractivity contribution is -0.145. The number of anilines is 1. The number of rotatable bonds is 7. The van der Waals surface area contributed by atoms with E-state index in [1.807, 2.05) is 6.07 Å². The first-order valence-corrected chi connectivity index (χ1v) is 8.32. The Morgan fingerprint density at radius 3 is 2.31 bits per heavy atom.